The molecule has 1 aromatic carbocycles. The summed E-state index contributed by atoms with van der Waals surface area (Å²) in [6.07, 6.45) is -4.69. The van der Waals surface area contributed by atoms with Gasteiger partial charge >= 0.3 is 12.5 Å². The van der Waals surface area contributed by atoms with Crippen LogP contribution in [0.3, 0.4) is 0 Å². The molecule has 0 aromatic heterocycles. The first kappa shape index (κ1) is 18.3. The number of benzene rings is 1. The first-order valence-corrected chi connectivity index (χ1v) is 7.16. The number of hydrogen-bond donors (Lipinski definition) is 0. The quantitative estimate of drug-likeness (QED) is 0.548. The van der Waals surface area contributed by atoms with Crippen LogP contribution in [-0.2, 0) is 21.3 Å². The maximum atomic E-state index is 11.8. The minimum atomic E-state index is -5.01. The van der Waals surface area contributed by atoms with Crippen molar-refractivity contribution in [3.05, 3.63) is 35.4 Å². The molecule has 0 amide bonds. The summed E-state index contributed by atoms with van der Waals surface area (Å²) in [6, 6.07) is 7.93. The number of aryl methyl sites for hydroxylation is 1. The van der Waals surface area contributed by atoms with Crippen LogP contribution in [-0.4, -0.2) is 19.1 Å². The van der Waals surface area contributed by atoms with Crippen LogP contribution in [0.2, 0.25) is 0 Å². The highest BCUT2D eigenvalue weighted by Gasteiger charge is 2.34. The predicted octanol–water partition coefficient (Wildman–Crippen LogP) is 4.98. The number of halogens is 3. The molecule has 6 heteroatoms. The lowest BCUT2D eigenvalue weighted by molar-refractivity contribution is -0.299. The smallest absolute Gasteiger partial charge is 0.434 e. The van der Waals surface area contributed by atoms with Crippen LogP contribution in [0.15, 0.2) is 24.3 Å². The van der Waals surface area contributed by atoms with E-state index in [1.54, 1.807) is 0 Å². The van der Waals surface area contributed by atoms with Crippen molar-refractivity contribution in [2.75, 3.05) is 6.61 Å². The van der Waals surface area contributed by atoms with Gasteiger partial charge in [-0.15, -0.1) is 13.2 Å². The first-order valence-electron chi connectivity index (χ1n) is 7.16. The van der Waals surface area contributed by atoms with Gasteiger partial charge in [0, 0.05) is 0 Å². The molecule has 0 fully saturated rings. The van der Waals surface area contributed by atoms with E-state index in [0.29, 0.717) is 12.8 Å². The fourth-order valence-electron chi connectivity index (χ4n) is 2.13. The summed E-state index contributed by atoms with van der Waals surface area (Å²) >= 11 is 0. The Kier molecular flexibility index (Phi) is 6.26. The number of carbonyl (C=O) groups is 1. The summed E-state index contributed by atoms with van der Waals surface area (Å²) in [5, 5.41) is 0. The molecule has 0 bridgehead atoms. The third-order valence-corrected chi connectivity index (χ3v) is 3.64. The van der Waals surface area contributed by atoms with E-state index in [4.69, 9.17) is 0 Å². The number of alkyl halides is 3. The summed E-state index contributed by atoms with van der Waals surface area (Å²) in [7, 11) is 0. The Morgan fingerprint density at radius 2 is 1.82 bits per heavy atom. The van der Waals surface area contributed by atoms with E-state index < -0.39 is 12.5 Å². The summed E-state index contributed by atoms with van der Waals surface area (Å²) < 4.78 is 42.9. The van der Waals surface area contributed by atoms with Crippen LogP contribution in [0, 0.1) is 0 Å². The predicted molar refractivity (Wildman–Crippen MR) is 76.6 cm³/mol. The van der Waals surface area contributed by atoms with Gasteiger partial charge in [-0.25, -0.2) is 4.79 Å². The highest BCUT2D eigenvalue weighted by Crippen LogP contribution is 2.30. The number of hydrogen-bond acceptors (Lipinski definition) is 3. The lowest BCUT2D eigenvalue weighted by Gasteiger charge is -2.26. The maximum Gasteiger partial charge on any atom is 0.577 e. The topological polar surface area (TPSA) is 35.5 Å². The molecular weight excluding hydrogens is 297 g/mol. The van der Waals surface area contributed by atoms with E-state index in [9.17, 15) is 18.0 Å². The van der Waals surface area contributed by atoms with Gasteiger partial charge in [-0.1, -0.05) is 45.0 Å². The fourth-order valence-corrected chi connectivity index (χ4v) is 2.13. The van der Waals surface area contributed by atoms with Crippen LogP contribution in [0.4, 0.5) is 18.0 Å². The Labute approximate surface area is 128 Å². The average Bonchev–Trinajstić information content (AvgIpc) is 2.42. The van der Waals surface area contributed by atoms with Crippen molar-refractivity contribution in [3.8, 4) is 0 Å². The zero-order valence-corrected chi connectivity index (χ0v) is 13.0. The number of rotatable bonds is 6. The molecular formula is C16H21F3O3. The normalized spacial score (nSPS) is 12.1. The minimum absolute atomic E-state index is 0.0205. The van der Waals surface area contributed by atoms with Crippen molar-refractivity contribution in [2.24, 2.45) is 0 Å². The molecule has 0 radical (unpaired) electrons. The average molecular weight is 318 g/mol. The van der Waals surface area contributed by atoms with Crippen molar-refractivity contribution in [3.63, 3.8) is 0 Å². The van der Waals surface area contributed by atoms with Gasteiger partial charge in [-0.05, 0) is 35.8 Å². The molecule has 0 saturated heterocycles. The standard InChI is InChI=1S/C16H21F3O3/c1-4-15(2,3)13-10-6-5-8-12(13)9-7-11-21-14(20)22-16(17,18)19/h5-6,8,10H,4,7,9,11H2,1-3H3. The summed E-state index contributed by atoms with van der Waals surface area (Å²) in [4.78, 5) is 10.8. The summed E-state index contributed by atoms with van der Waals surface area (Å²) in [5.41, 5.74) is 2.34. The van der Waals surface area contributed by atoms with Crippen molar-refractivity contribution < 1.29 is 27.4 Å². The molecule has 1 aromatic rings. The highest BCUT2D eigenvalue weighted by molar-refractivity contribution is 5.60. The van der Waals surface area contributed by atoms with Crippen molar-refractivity contribution in [1.29, 1.82) is 0 Å². The molecule has 0 N–H and O–H groups in total. The molecule has 0 aliphatic heterocycles. The third-order valence-electron chi connectivity index (χ3n) is 3.64. The second-order valence-corrected chi connectivity index (χ2v) is 5.64. The number of carbonyl (C=O) groups excluding carboxylic acids is 1. The van der Waals surface area contributed by atoms with Gasteiger partial charge in [0.15, 0.2) is 0 Å². The molecule has 124 valence electrons. The van der Waals surface area contributed by atoms with E-state index in [1.165, 1.54) is 5.56 Å². The molecule has 0 heterocycles. The molecule has 0 atom stereocenters. The van der Waals surface area contributed by atoms with Gasteiger partial charge in [-0.3, -0.25) is 0 Å². The Morgan fingerprint density at radius 1 is 1.18 bits per heavy atom. The third kappa shape index (κ3) is 5.95. The molecule has 1 rings (SSSR count). The van der Waals surface area contributed by atoms with E-state index in [1.807, 2.05) is 18.2 Å². The number of ether oxygens (including phenoxy) is 2. The molecule has 0 aliphatic rings. The van der Waals surface area contributed by atoms with Crippen LogP contribution >= 0.6 is 0 Å². The molecule has 0 saturated carbocycles. The Balaban J connectivity index is 2.51. The molecule has 0 aliphatic carbocycles. The SMILES string of the molecule is CCC(C)(C)c1ccccc1CCCOC(=O)OC(F)(F)F. The van der Waals surface area contributed by atoms with Crippen molar-refractivity contribution in [1.82, 2.24) is 0 Å². The Bertz CT molecular complexity index is 496. The van der Waals surface area contributed by atoms with E-state index in [2.05, 4.69) is 36.3 Å². The van der Waals surface area contributed by atoms with E-state index in [-0.39, 0.29) is 12.0 Å². The fraction of sp³-hybridized carbons (Fsp3) is 0.562. The lowest BCUT2D eigenvalue weighted by atomic mass is 9.79. The van der Waals surface area contributed by atoms with E-state index in [0.717, 1.165) is 12.0 Å². The molecule has 3 nitrogen and oxygen atoms in total. The summed E-state index contributed by atoms with van der Waals surface area (Å²) in [6.45, 7) is 6.27. The van der Waals surface area contributed by atoms with Crippen LogP contribution in [0.25, 0.3) is 0 Å². The lowest BCUT2D eigenvalue weighted by Crippen LogP contribution is -2.21. The monoisotopic (exact) mass is 318 g/mol. The zero-order valence-electron chi connectivity index (χ0n) is 13.0. The van der Waals surface area contributed by atoms with Crippen LogP contribution in [0.1, 0.15) is 44.7 Å². The van der Waals surface area contributed by atoms with Crippen molar-refractivity contribution >= 4 is 6.16 Å². The maximum absolute atomic E-state index is 11.8. The van der Waals surface area contributed by atoms with Gasteiger partial charge in [0.25, 0.3) is 0 Å². The minimum Gasteiger partial charge on any atom is -0.434 e. The summed E-state index contributed by atoms with van der Waals surface area (Å²) in [5.74, 6) is 0. The largest absolute Gasteiger partial charge is 0.577 e. The van der Waals surface area contributed by atoms with Gasteiger partial charge < -0.3 is 9.47 Å². The van der Waals surface area contributed by atoms with Gasteiger partial charge in [-0.2, -0.15) is 0 Å². The second kappa shape index (κ2) is 7.51. The van der Waals surface area contributed by atoms with Gasteiger partial charge in [0.2, 0.25) is 0 Å². The van der Waals surface area contributed by atoms with Gasteiger partial charge in [0.05, 0.1) is 6.61 Å². The first-order chi connectivity index (χ1) is 10.2. The molecule has 0 unspecified atom stereocenters. The van der Waals surface area contributed by atoms with E-state index >= 15 is 0 Å². The highest BCUT2D eigenvalue weighted by atomic mass is 19.4. The molecule has 0 spiro atoms. The van der Waals surface area contributed by atoms with Gasteiger partial charge in [0.1, 0.15) is 0 Å². The second-order valence-electron chi connectivity index (χ2n) is 5.64. The zero-order chi connectivity index (χ0) is 16.8. The van der Waals surface area contributed by atoms with Crippen LogP contribution < -0.4 is 0 Å². The Hall–Kier alpha value is -1.72. The molecule has 22 heavy (non-hydrogen) atoms. The Morgan fingerprint density at radius 3 is 2.41 bits per heavy atom. The van der Waals surface area contributed by atoms with Crippen LogP contribution in [0.5, 0.6) is 0 Å². The van der Waals surface area contributed by atoms with Crippen molar-refractivity contribution in [2.45, 2.75) is 51.8 Å².